The molecule has 1 aromatic carbocycles. The summed E-state index contributed by atoms with van der Waals surface area (Å²) < 4.78 is 11.0. The van der Waals surface area contributed by atoms with Crippen molar-refractivity contribution in [3.8, 4) is 0 Å². The third kappa shape index (κ3) is 3.85. The van der Waals surface area contributed by atoms with E-state index in [1.807, 2.05) is 17.9 Å². The monoisotopic (exact) mass is 442 g/mol. The van der Waals surface area contributed by atoms with Crippen molar-refractivity contribution in [3.05, 3.63) is 23.8 Å². The van der Waals surface area contributed by atoms with Gasteiger partial charge in [-0.1, -0.05) is 19.4 Å². The second-order valence-electron chi connectivity index (χ2n) is 9.11. The first-order chi connectivity index (χ1) is 15.4. The zero-order chi connectivity index (χ0) is 22.9. The van der Waals surface area contributed by atoms with E-state index < -0.39 is 11.5 Å². The van der Waals surface area contributed by atoms with Crippen LogP contribution in [-0.2, 0) is 9.53 Å². The Morgan fingerprint density at radius 1 is 1.22 bits per heavy atom. The molecule has 2 aromatic rings. The van der Waals surface area contributed by atoms with E-state index in [0.29, 0.717) is 47.7 Å². The fourth-order valence-corrected chi connectivity index (χ4v) is 5.27. The van der Waals surface area contributed by atoms with E-state index in [1.54, 1.807) is 12.1 Å². The minimum absolute atomic E-state index is 0.00394. The highest BCUT2D eigenvalue weighted by Crippen LogP contribution is 2.38. The fraction of sp³-hybridized carbons (Fsp3) is 0.625. The zero-order valence-electron chi connectivity index (χ0n) is 19.5. The summed E-state index contributed by atoms with van der Waals surface area (Å²) >= 11 is 0. The number of benzene rings is 1. The van der Waals surface area contributed by atoms with Gasteiger partial charge < -0.3 is 14.1 Å². The van der Waals surface area contributed by atoms with Crippen molar-refractivity contribution in [1.29, 1.82) is 0 Å². The number of amides is 1. The van der Waals surface area contributed by atoms with E-state index in [-0.39, 0.29) is 5.91 Å². The minimum Gasteiger partial charge on any atom is -0.465 e. The summed E-state index contributed by atoms with van der Waals surface area (Å²) in [5.74, 6) is -0.472. The zero-order valence-corrected chi connectivity index (χ0v) is 19.5. The SMILES string of the molecule is CCC1(C(=O)NN2[C@H](C)CCC[C@@H]2C)CCCCN1c1nc2cccc(C(=O)OC)c2o1. The maximum Gasteiger partial charge on any atom is 0.341 e. The molecule has 2 fully saturated rings. The third-order valence-electron chi connectivity index (χ3n) is 7.21. The van der Waals surface area contributed by atoms with E-state index in [4.69, 9.17) is 9.15 Å². The molecule has 174 valence electrons. The van der Waals surface area contributed by atoms with Crippen LogP contribution in [0, 0.1) is 0 Å². The number of para-hydroxylation sites is 1. The number of nitrogens with zero attached hydrogens (tertiary/aromatic N) is 3. The van der Waals surface area contributed by atoms with Gasteiger partial charge in [0.05, 0.1) is 7.11 Å². The molecule has 8 nitrogen and oxygen atoms in total. The Labute approximate surface area is 189 Å². The highest BCUT2D eigenvalue weighted by Gasteiger charge is 2.47. The van der Waals surface area contributed by atoms with Gasteiger partial charge in [0, 0.05) is 18.6 Å². The molecule has 0 radical (unpaired) electrons. The van der Waals surface area contributed by atoms with Crippen LogP contribution in [0.25, 0.3) is 11.1 Å². The number of hydrogen-bond acceptors (Lipinski definition) is 7. The van der Waals surface area contributed by atoms with Gasteiger partial charge in [-0.2, -0.15) is 4.98 Å². The van der Waals surface area contributed by atoms with Crippen LogP contribution < -0.4 is 10.3 Å². The van der Waals surface area contributed by atoms with Crippen LogP contribution in [0.15, 0.2) is 22.6 Å². The summed E-state index contributed by atoms with van der Waals surface area (Å²) in [5, 5.41) is 2.12. The largest absolute Gasteiger partial charge is 0.465 e. The van der Waals surface area contributed by atoms with Crippen LogP contribution in [0.5, 0.6) is 0 Å². The number of hydrazine groups is 1. The van der Waals surface area contributed by atoms with Gasteiger partial charge in [0.15, 0.2) is 5.58 Å². The maximum absolute atomic E-state index is 13.8. The second kappa shape index (κ2) is 9.10. The van der Waals surface area contributed by atoms with Crippen LogP contribution in [0.1, 0.15) is 76.1 Å². The number of piperidine rings is 2. The standard InChI is InChI=1S/C24H34N4O4/c1-5-24(22(30)26-28-16(2)10-8-11-17(28)3)14-6-7-15-27(24)23-25-19-13-9-12-18(20(19)32-23)21(29)31-4/h9,12-13,16-17H,5-8,10-11,14-15H2,1-4H3,(H,26,30)/t16-,17+,24?. The normalized spacial score (nSPS) is 26.8. The van der Waals surface area contributed by atoms with Crippen LogP contribution in [0.3, 0.4) is 0 Å². The maximum atomic E-state index is 13.8. The van der Waals surface area contributed by atoms with Crippen molar-refractivity contribution in [1.82, 2.24) is 15.4 Å². The minimum atomic E-state index is -0.749. The lowest BCUT2D eigenvalue weighted by molar-refractivity contribution is -0.136. The molecular formula is C24H34N4O4. The number of ether oxygens (including phenoxy) is 1. The smallest absolute Gasteiger partial charge is 0.341 e. The van der Waals surface area contributed by atoms with Crippen molar-refractivity contribution in [2.75, 3.05) is 18.6 Å². The Morgan fingerprint density at radius 3 is 2.66 bits per heavy atom. The summed E-state index contributed by atoms with van der Waals surface area (Å²) in [6, 6.07) is 6.23. The first-order valence-electron chi connectivity index (χ1n) is 11.8. The van der Waals surface area contributed by atoms with E-state index in [9.17, 15) is 9.59 Å². The van der Waals surface area contributed by atoms with Gasteiger partial charge in [-0.3, -0.25) is 10.2 Å². The Bertz CT molecular complexity index is 980. The Kier molecular flexibility index (Phi) is 6.42. The van der Waals surface area contributed by atoms with E-state index in [0.717, 1.165) is 32.1 Å². The van der Waals surface area contributed by atoms with E-state index >= 15 is 0 Å². The van der Waals surface area contributed by atoms with Crippen molar-refractivity contribution in [2.24, 2.45) is 0 Å². The second-order valence-corrected chi connectivity index (χ2v) is 9.11. The molecule has 3 heterocycles. The molecule has 2 saturated heterocycles. The lowest BCUT2D eigenvalue weighted by atomic mass is 9.83. The lowest BCUT2D eigenvalue weighted by Gasteiger charge is -2.47. The number of methoxy groups -OCH3 is 1. The van der Waals surface area contributed by atoms with Gasteiger partial charge in [0.2, 0.25) is 0 Å². The lowest BCUT2D eigenvalue weighted by Crippen LogP contribution is -2.66. The Hall–Kier alpha value is -2.61. The molecule has 0 bridgehead atoms. The number of nitrogens with one attached hydrogen (secondary N) is 1. The highest BCUT2D eigenvalue weighted by atomic mass is 16.5. The molecular weight excluding hydrogens is 408 g/mol. The number of carbonyl (C=O) groups excluding carboxylic acids is 2. The van der Waals surface area contributed by atoms with Crippen molar-refractivity contribution >= 4 is 29.0 Å². The number of carbonyl (C=O) groups is 2. The van der Waals surface area contributed by atoms with Crippen LogP contribution in [0.2, 0.25) is 0 Å². The molecule has 4 rings (SSSR count). The molecule has 0 saturated carbocycles. The predicted molar refractivity (Wildman–Crippen MR) is 122 cm³/mol. The predicted octanol–water partition coefficient (Wildman–Crippen LogP) is 4.05. The summed E-state index contributed by atoms with van der Waals surface area (Å²) in [5.41, 5.74) is 3.82. The van der Waals surface area contributed by atoms with Gasteiger partial charge >= 0.3 is 5.97 Å². The number of rotatable bonds is 5. The van der Waals surface area contributed by atoms with Crippen molar-refractivity contribution in [2.45, 2.75) is 83.3 Å². The van der Waals surface area contributed by atoms with Gasteiger partial charge in [-0.05, 0) is 64.5 Å². The van der Waals surface area contributed by atoms with Gasteiger partial charge in [-0.15, -0.1) is 0 Å². The first-order valence-corrected chi connectivity index (χ1v) is 11.8. The van der Waals surface area contributed by atoms with Crippen LogP contribution in [0.4, 0.5) is 6.01 Å². The average molecular weight is 443 g/mol. The molecule has 1 unspecified atom stereocenters. The molecule has 1 amide bonds. The molecule has 8 heteroatoms. The fourth-order valence-electron chi connectivity index (χ4n) is 5.27. The number of fused-ring (bicyclic) bond motifs is 1. The van der Waals surface area contributed by atoms with Crippen molar-refractivity contribution < 1.29 is 18.7 Å². The molecule has 0 aliphatic carbocycles. The molecule has 1 aromatic heterocycles. The molecule has 2 aliphatic rings. The van der Waals surface area contributed by atoms with Gasteiger partial charge in [0.25, 0.3) is 11.9 Å². The summed E-state index contributed by atoms with van der Waals surface area (Å²) in [6.07, 6.45) is 6.63. The average Bonchev–Trinajstić information content (AvgIpc) is 3.24. The Balaban J connectivity index is 1.69. The third-order valence-corrected chi connectivity index (χ3v) is 7.21. The molecule has 1 N–H and O–H groups in total. The van der Waals surface area contributed by atoms with Crippen molar-refractivity contribution in [3.63, 3.8) is 0 Å². The molecule has 32 heavy (non-hydrogen) atoms. The highest BCUT2D eigenvalue weighted by molar-refractivity contribution is 6.01. The molecule has 0 spiro atoms. The summed E-state index contributed by atoms with van der Waals surface area (Å²) in [7, 11) is 1.35. The van der Waals surface area contributed by atoms with Gasteiger partial charge in [0.1, 0.15) is 16.6 Å². The summed E-state index contributed by atoms with van der Waals surface area (Å²) in [6.45, 7) is 7.06. The van der Waals surface area contributed by atoms with Crippen LogP contribution >= 0.6 is 0 Å². The number of hydrogen-bond donors (Lipinski definition) is 1. The number of esters is 1. The first kappa shape index (κ1) is 22.6. The van der Waals surface area contributed by atoms with E-state index in [2.05, 4.69) is 29.3 Å². The number of aromatic nitrogens is 1. The molecule has 3 atom stereocenters. The Morgan fingerprint density at radius 2 is 1.97 bits per heavy atom. The van der Waals surface area contributed by atoms with Gasteiger partial charge in [-0.25, -0.2) is 9.80 Å². The molecule has 2 aliphatic heterocycles. The van der Waals surface area contributed by atoms with Crippen LogP contribution in [-0.4, -0.2) is 53.1 Å². The summed E-state index contributed by atoms with van der Waals surface area (Å²) in [4.78, 5) is 32.7. The topological polar surface area (TPSA) is 87.9 Å². The number of oxazole rings is 1. The number of anilines is 1. The quantitative estimate of drug-likeness (QED) is 0.699. The van der Waals surface area contributed by atoms with E-state index in [1.165, 1.54) is 13.5 Å².